The first-order valence-electron chi connectivity index (χ1n) is 11.1. The lowest BCUT2D eigenvalue weighted by atomic mass is 9.91. The standard InChI is InChI=1S/C24H29ClF2N4O2/c1-2-33-24(32)31-19-10-8-18(9-11-19)30-23(29-15-17-5-3-4-6-20(17)25)28-14-16-7-12-21(26)22(27)13-16/h3-7,12-13,18-19H,2,8-11,14-15H2,1H3,(H,31,32)(H2,28,29,30). The van der Waals surface area contributed by atoms with Crippen molar-refractivity contribution < 1.29 is 18.3 Å². The molecule has 0 bridgehead atoms. The van der Waals surface area contributed by atoms with Crippen LogP contribution in [0.5, 0.6) is 0 Å². The van der Waals surface area contributed by atoms with Gasteiger partial charge in [-0.3, -0.25) is 0 Å². The second kappa shape index (κ2) is 12.4. The van der Waals surface area contributed by atoms with Crippen LogP contribution in [0.25, 0.3) is 0 Å². The molecule has 1 aliphatic rings. The first kappa shape index (κ1) is 24.8. The zero-order chi connectivity index (χ0) is 23.6. The number of amides is 1. The summed E-state index contributed by atoms with van der Waals surface area (Å²) in [4.78, 5) is 16.2. The molecule has 9 heteroatoms. The average Bonchev–Trinajstić information content (AvgIpc) is 2.80. The highest BCUT2D eigenvalue weighted by atomic mass is 35.5. The molecule has 1 amide bonds. The molecule has 0 aliphatic heterocycles. The number of nitrogens with one attached hydrogen (secondary N) is 3. The van der Waals surface area contributed by atoms with E-state index in [0.717, 1.165) is 43.4 Å². The Balaban J connectivity index is 1.62. The SMILES string of the molecule is CCOC(=O)NC1CCC(NC(=NCc2ccc(F)c(F)c2)NCc2ccccc2Cl)CC1. The first-order valence-corrected chi connectivity index (χ1v) is 11.5. The Labute approximate surface area is 197 Å². The van der Waals surface area contributed by atoms with Crippen LogP contribution < -0.4 is 16.0 Å². The van der Waals surface area contributed by atoms with E-state index in [4.69, 9.17) is 16.3 Å². The molecule has 1 aliphatic carbocycles. The summed E-state index contributed by atoms with van der Waals surface area (Å²) in [7, 11) is 0. The number of nitrogens with zero attached hydrogens (tertiary/aromatic N) is 1. The van der Waals surface area contributed by atoms with Gasteiger partial charge in [-0.1, -0.05) is 35.9 Å². The van der Waals surface area contributed by atoms with Crippen LogP contribution in [-0.2, 0) is 17.8 Å². The lowest BCUT2D eigenvalue weighted by Crippen LogP contribution is -2.47. The van der Waals surface area contributed by atoms with Gasteiger partial charge in [0.15, 0.2) is 17.6 Å². The fourth-order valence-corrected chi connectivity index (χ4v) is 3.90. The van der Waals surface area contributed by atoms with Crippen molar-refractivity contribution >= 4 is 23.7 Å². The van der Waals surface area contributed by atoms with Gasteiger partial charge in [0.25, 0.3) is 0 Å². The Morgan fingerprint density at radius 1 is 1.06 bits per heavy atom. The van der Waals surface area contributed by atoms with Gasteiger partial charge in [0, 0.05) is 23.7 Å². The molecule has 2 aromatic rings. The molecule has 33 heavy (non-hydrogen) atoms. The summed E-state index contributed by atoms with van der Waals surface area (Å²) in [5.41, 5.74) is 1.49. The molecule has 178 valence electrons. The van der Waals surface area contributed by atoms with Crippen molar-refractivity contribution in [2.75, 3.05) is 6.61 Å². The van der Waals surface area contributed by atoms with E-state index in [2.05, 4.69) is 20.9 Å². The van der Waals surface area contributed by atoms with Crippen LogP contribution >= 0.6 is 11.6 Å². The van der Waals surface area contributed by atoms with Gasteiger partial charge in [0.2, 0.25) is 0 Å². The molecule has 0 aromatic heterocycles. The number of hydrogen-bond acceptors (Lipinski definition) is 3. The fraction of sp³-hybridized carbons (Fsp3) is 0.417. The smallest absolute Gasteiger partial charge is 0.407 e. The summed E-state index contributed by atoms with van der Waals surface area (Å²) >= 11 is 6.26. The van der Waals surface area contributed by atoms with Crippen LogP contribution in [0.2, 0.25) is 5.02 Å². The van der Waals surface area contributed by atoms with Gasteiger partial charge in [0.1, 0.15) is 0 Å². The molecule has 6 nitrogen and oxygen atoms in total. The third-order valence-electron chi connectivity index (χ3n) is 5.47. The zero-order valence-electron chi connectivity index (χ0n) is 18.5. The molecule has 0 saturated heterocycles. The van der Waals surface area contributed by atoms with Crippen molar-refractivity contribution in [2.45, 2.75) is 57.8 Å². The Kier molecular flexibility index (Phi) is 9.30. The molecular weight excluding hydrogens is 450 g/mol. The molecule has 3 rings (SSSR count). The maximum Gasteiger partial charge on any atom is 0.407 e. The maximum absolute atomic E-state index is 13.6. The van der Waals surface area contributed by atoms with E-state index < -0.39 is 11.6 Å². The highest BCUT2D eigenvalue weighted by Gasteiger charge is 2.23. The molecule has 0 unspecified atom stereocenters. The number of alkyl carbamates (subject to hydrolysis) is 1. The number of aliphatic imine (C=N–C) groups is 1. The van der Waals surface area contributed by atoms with E-state index in [1.54, 1.807) is 6.92 Å². The predicted molar refractivity (Wildman–Crippen MR) is 125 cm³/mol. The molecule has 1 saturated carbocycles. The highest BCUT2D eigenvalue weighted by molar-refractivity contribution is 6.31. The van der Waals surface area contributed by atoms with Crippen molar-refractivity contribution in [3.05, 3.63) is 70.2 Å². The second-order valence-corrected chi connectivity index (χ2v) is 8.32. The van der Waals surface area contributed by atoms with Gasteiger partial charge in [-0.2, -0.15) is 0 Å². The van der Waals surface area contributed by atoms with E-state index in [1.165, 1.54) is 6.07 Å². The lowest BCUT2D eigenvalue weighted by molar-refractivity contribution is 0.144. The summed E-state index contributed by atoms with van der Waals surface area (Å²) in [5.74, 6) is -1.22. The van der Waals surface area contributed by atoms with Crippen LogP contribution in [-0.4, -0.2) is 30.7 Å². The molecule has 0 heterocycles. The summed E-state index contributed by atoms with van der Waals surface area (Å²) in [6.45, 7) is 2.77. The van der Waals surface area contributed by atoms with Crippen molar-refractivity contribution in [1.29, 1.82) is 0 Å². The molecule has 0 radical (unpaired) electrons. The molecule has 3 N–H and O–H groups in total. The van der Waals surface area contributed by atoms with Crippen molar-refractivity contribution in [3.8, 4) is 0 Å². The minimum absolute atomic E-state index is 0.0840. The molecular formula is C24H29ClF2N4O2. The number of benzene rings is 2. The van der Waals surface area contributed by atoms with Gasteiger partial charge >= 0.3 is 6.09 Å². The topological polar surface area (TPSA) is 74.8 Å². The molecule has 0 spiro atoms. The number of carbonyl (C=O) groups is 1. The number of rotatable bonds is 7. The number of halogens is 3. The Morgan fingerprint density at radius 2 is 1.76 bits per heavy atom. The van der Waals surface area contributed by atoms with E-state index >= 15 is 0 Å². The van der Waals surface area contributed by atoms with Crippen LogP contribution in [0.4, 0.5) is 13.6 Å². The van der Waals surface area contributed by atoms with E-state index in [1.807, 2.05) is 24.3 Å². The molecule has 2 aromatic carbocycles. The van der Waals surface area contributed by atoms with Crippen LogP contribution in [0.3, 0.4) is 0 Å². The number of hydrogen-bond donors (Lipinski definition) is 3. The van der Waals surface area contributed by atoms with Gasteiger partial charge < -0.3 is 20.7 Å². The third-order valence-corrected chi connectivity index (χ3v) is 5.84. The molecule has 0 atom stereocenters. The number of guanidine groups is 1. The summed E-state index contributed by atoms with van der Waals surface area (Å²) < 4.78 is 31.7. The maximum atomic E-state index is 13.6. The largest absolute Gasteiger partial charge is 0.450 e. The van der Waals surface area contributed by atoms with Gasteiger partial charge in [0.05, 0.1) is 13.2 Å². The Hall–Kier alpha value is -2.87. The highest BCUT2D eigenvalue weighted by Crippen LogP contribution is 2.19. The monoisotopic (exact) mass is 478 g/mol. The van der Waals surface area contributed by atoms with Crippen LogP contribution in [0.15, 0.2) is 47.5 Å². The van der Waals surface area contributed by atoms with Crippen molar-refractivity contribution in [2.24, 2.45) is 4.99 Å². The predicted octanol–water partition coefficient (Wildman–Crippen LogP) is 4.91. The van der Waals surface area contributed by atoms with Gasteiger partial charge in [-0.25, -0.2) is 18.6 Å². The van der Waals surface area contributed by atoms with Gasteiger partial charge in [-0.05, 0) is 61.9 Å². The number of ether oxygens (including phenoxy) is 1. The van der Waals surface area contributed by atoms with E-state index in [-0.39, 0.29) is 24.7 Å². The van der Waals surface area contributed by atoms with Crippen molar-refractivity contribution in [3.63, 3.8) is 0 Å². The van der Waals surface area contributed by atoms with E-state index in [9.17, 15) is 13.6 Å². The van der Waals surface area contributed by atoms with Crippen LogP contribution in [0.1, 0.15) is 43.7 Å². The van der Waals surface area contributed by atoms with Gasteiger partial charge in [-0.15, -0.1) is 0 Å². The number of carbonyl (C=O) groups excluding carboxylic acids is 1. The lowest BCUT2D eigenvalue weighted by Gasteiger charge is -2.30. The zero-order valence-corrected chi connectivity index (χ0v) is 19.3. The minimum atomic E-state index is -0.895. The van der Waals surface area contributed by atoms with Crippen molar-refractivity contribution in [1.82, 2.24) is 16.0 Å². The summed E-state index contributed by atoms with van der Waals surface area (Å²) in [5, 5.41) is 10.2. The normalized spacial score (nSPS) is 18.5. The third kappa shape index (κ3) is 7.89. The Morgan fingerprint density at radius 3 is 2.42 bits per heavy atom. The summed E-state index contributed by atoms with van der Waals surface area (Å²) in [6, 6.07) is 11.5. The average molecular weight is 479 g/mol. The minimum Gasteiger partial charge on any atom is -0.450 e. The molecule has 1 fully saturated rings. The first-order chi connectivity index (χ1) is 15.9. The quantitative estimate of drug-likeness (QED) is 0.390. The van der Waals surface area contributed by atoms with E-state index in [0.29, 0.717) is 29.7 Å². The summed E-state index contributed by atoms with van der Waals surface area (Å²) in [6.07, 6.45) is 2.93. The van der Waals surface area contributed by atoms with Crippen LogP contribution in [0, 0.1) is 11.6 Å². The Bertz CT molecular complexity index is 965. The second-order valence-electron chi connectivity index (χ2n) is 7.92. The fourth-order valence-electron chi connectivity index (χ4n) is 3.70.